The molecule has 0 saturated carbocycles. The lowest BCUT2D eigenvalue weighted by Crippen LogP contribution is -2.34. The Morgan fingerprint density at radius 2 is 1.59 bits per heavy atom. The first-order chi connectivity index (χ1) is 14.1. The molecule has 3 aromatic rings. The Hall–Kier alpha value is -3.12. The molecule has 0 aliphatic heterocycles. The van der Waals surface area contributed by atoms with Crippen LogP contribution in [0.3, 0.4) is 0 Å². The van der Waals surface area contributed by atoms with Crippen molar-refractivity contribution in [1.29, 1.82) is 0 Å². The van der Waals surface area contributed by atoms with Crippen LogP contribution >= 0.6 is 12.2 Å². The van der Waals surface area contributed by atoms with Crippen LogP contribution < -0.4 is 14.8 Å². The van der Waals surface area contributed by atoms with Gasteiger partial charge in [-0.2, -0.15) is 0 Å². The van der Waals surface area contributed by atoms with Crippen LogP contribution in [0.25, 0.3) is 0 Å². The predicted molar refractivity (Wildman–Crippen MR) is 120 cm³/mol. The van der Waals surface area contributed by atoms with Gasteiger partial charge < -0.3 is 19.7 Å². The molecule has 0 radical (unpaired) electrons. The number of thiocarbonyl (C=S) groups is 1. The average molecular weight is 408 g/mol. The van der Waals surface area contributed by atoms with Crippen molar-refractivity contribution >= 4 is 23.0 Å². The summed E-state index contributed by atoms with van der Waals surface area (Å²) < 4.78 is 10.8. The Labute approximate surface area is 177 Å². The number of methoxy groups -OCH3 is 2. The van der Waals surface area contributed by atoms with Gasteiger partial charge in [0.25, 0.3) is 0 Å². The van der Waals surface area contributed by atoms with Crippen molar-refractivity contribution in [2.45, 2.75) is 20.0 Å². The number of aromatic nitrogens is 1. The van der Waals surface area contributed by atoms with Gasteiger partial charge in [0.15, 0.2) is 5.11 Å². The van der Waals surface area contributed by atoms with E-state index >= 15 is 0 Å². The quantitative estimate of drug-likeness (QED) is 0.568. The molecule has 0 aliphatic carbocycles. The number of anilines is 1. The number of pyridine rings is 1. The number of hydrogen-bond acceptors (Lipinski definition) is 4. The molecule has 1 heterocycles. The standard InChI is InChI=1S/C23H25N3O2S/c1-17-4-6-18(7-5-17)15-26(16-19-10-12-24-13-11-19)23(29)25-21-14-20(27-2)8-9-22(21)28-3/h4-14H,15-16H2,1-3H3,(H,25,29). The third kappa shape index (κ3) is 5.68. The summed E-state index contributed by atoms with van der Waals surface area (Å²) in [5, 5.41) is 3.93. The fourth-order valence-corrected chi connectivity index (χ4v) is 3.17. The van der Waals surface area contributed by atoms with E-state index in [2.05, 4.69) is 46.4 Å². The van der Waals surface area contributed by atoms with Gasteiger partial charge in [-0.05, 0) is 54.5 Å². The molecule has 150 valence electrons. The molecule has 1 N–H and O–H groups in total. The highest BCUT2D eigenvalue weighted by atomic mass is 32.1. The van der Waals surface area contributed by atoms with Crippen molar-refractivity contribution in [1.82, 2.24) is 9.88 Å². The molecule has 6 heteroatoms. The van der Waals surface area contributed by atoms with E-state index in [0.29, 0.717) is 24.0 Å². The number of rotatable bonds is 7. The molecule has 0 saturated heterocycles. The van der Waals surface area contributed by atoms with Crippen molar-refractivity contribution < 1.29 is 9.47 Å². The Morgan fingerprint density at radius 3 is 2.21 bits per heavy atom. The number of aryl methyl sites for hydroxylation is 1. The van der Waals surface area contributed by atoms with Crippen LogP contribution in [-0.2, 0) is 13.1 Å². The van der Waals surface area contributed by atoms with Gasteiger partial charge in [-0.3, -0.25) is 4.98 Å². The fourth-order valence-electron chi connectivity index (χ4n) is 2.93. The zero-order valence-electron chi connectivity index (χ0n) is 16.9. The van der Waals surface area contributed by atoms with Gasteiger partial charge in [0.1, 0.15) is 11.5 Å². The Bertz CT molecular complexity index is 946. The van der Waals surface area contributed by atoms with Gasteiger partial charge in [0, 0.05) is 31.5 Å². The molecule has 0 bridgehead atoms. The van der Waals surface area contributed by atoms with Crippen LogP contribution in [0.15, 0.2) is 67.0 Å². The molecule has 29 heavy (non-hydrogen) atoms. The van der Waals surface area contributed by atoms with Gasteiger partial charge in [-0.25, -0.2) is 0 Å². The van der Waals surface area contributed by atoms with E-state index in [1.165, 1.54) is 11.1 Å². The Morgan fingerprint density at radius 1 is 0.931 bits per heavy atom. The maximum atomic E-state index is 5.77. The second-order valence-corrected chi connectivity index (χ2v) is 7.08. The minimum absolute atomic E-state index is 0.606. The summed E-state index contributed by atoms with van der Waals surface area (Å²) in [6, 6.07) is 18.1. The van der Waals surface area contributed by atoms with E-state index in [9.17, 15) is 0 Å². The minimum atomic E-state index is 0.606. The molecular weight excluding hydrogens is 382 g/mol. The average Bonchev–Trinajstić information content (AvgIpc) is 2.75. The smallest absolute Gasteiger partial charge is 0.174 e. The topological polar surface area (TPSA) is 46.6 Å². The van der Waals surface area contributed by atoms with Gasteiger partial charge >= 0.3 is 0 Å². The third-order valence-corrected chi connectivity index (χ3v) is 4.91. The largest absolute Gasteiger partial charge is 0.497 e. The molecule has 0 spiro atoms. The van der Waals surface area contributed by atoms with E-state index in [-0.39, 0.29) is 0 Å². The monoisotopic (exact) mass is 407 g/mol. The molecule has 0 amide bonds. The number of nitrogens with zero attached hydrogens (tertiary/aromatic N) is 2. The van der Waals surface area contributed by atoms with Gasteiger partial charge in [-0.1, -0.05) is 29.8 Å². The molecule has 1 aromatic heterocycles. The van der Waals surface area contributed by atoms with Gasteiger partial charge in [0.05, 0.1) is 19.9 Å². The molecule has 2 aromatic carbocycles. The molecule has 0 aliphatic rings. The van der Waals surface area contributed by atoms with Crippen molar-refractivity contribution in [3.8, 4) is 11.5 Å². The highest BCUT2D eigenvalue weighted by Crippen LogP contribution is 2.29. The lowest BCUT2D eigenvalue weighted by atomic mass is 10.1. The zero-order chi connectivity index (χ0) is 20.6. The van der Waals surface area contributed by atoms with Crippen LogP contribution in [0.2, 0.25) is 0 Å². The number of nitrogens with one attached hydrogen (secondary N) is 1. The zero-order valence-corrected chi connectivity index (χ0v) is 17.7. The highest BCUT2D eigenvalue weighted by molar-refractivity contribution is 7.80. The molecule has 0 atom stereocenters. The van der Waals surface area contributed by atoms with Crippen molar-refractivity contribution in [2.75, 3.05) is 19.5 Å². The molecule has 0 unspecified atom stereocenters. The summed E-state index contributed by atoms with van der Waals surface area (Å²) in [6.07, 6.45) is 3.59. The van der Waals surface area contributed by atoms with Gasteiger partial charge in [-0.15, -0.1) is 0 Å². The summed E-state index contributed by atoms with van der Waals surface area (Å²) >= 11 is 5.77. The van der Waals surface area contributed by atoms with Crippen LogP contribution in [0.4, 0.5) is 5.69 Å². The van der Waals surface area contributed by atoms with Crippen molar-refractivity contribution in [3.63, 3.8) is 0 Å². The Balaban J connectivity index is 1.84. The fraction of sp³-hybridized carbons (Fsp3) is 0.217. The van der Waals surface area contributed by atoms with Crippen molar-refractivity contribution in [2.24, 2.45) is 0 Å². The van der Waals surface area contributed by atoms with E-state index in [1.54, 1.807) is 26.6 Å². The predicted octanol–water partition coefficient (Wildman–Crippen LogP) is 4.81. The molecule has 5 nitrogen and oxygen atoms in total. The van der Waals surface area contributed by atoms with Crippen molar-refractivity contribution in [3.05, 3.63) is 83.7 Å². The summed E-state index contributed by atoms with van der Waals surface area (Å²) in [5.74, 6) is 1.43. The SMILES string of the molecule is COc1ccc(OC)c(NC(=S)N(Cc2ccncc2)Cc2ccc(C)cc2)c1. The van der Waals surface area contributed by atoms with Crippen LogP contribution in [0, 0.1) is 6.92 Å². The van der Waals surface area contributed by atoms with E-state index in [4.69, 9.17) is 21.7 Å². The second-order valence-electron chi connectivity index (χ2n) is 6.69. The number of hydrogen-bond donors (Lipinski definition) is 1. The van der Waals surface area contributed by atoms with E-state index in [1.807, 2.05) is 30.3 Å². The van der Waals surface area contributed by atoms with Gasteiger partial charge in [0.2, 0.25) is 0 Å². The van der Waals surface area contributed by atoms with E-state index in [0.717, 1.165) is 17.0 Å². The highest BCUT2D eigenvalue weighted by Gasteiger charge is 2.14. The first-order valence-corrected chi connectivity index (χ1v) is 9.72. The maximum Gasteiger partial charge on any atom is 0.174 e. The molecular formula is C23H25N3O2S. The summed E-state index contributed by atoms with van der Waals surface area (Å²) in [4.78, 5) is 6.22. The molecule has 0 fully saturated rings. The maximum absolute atomic E-state index is 5.77. The van der Waals surface area contributed by atoms with Crippen LogP contribution in [0.1, 0.15) is 16.7 Å². The summed E-state index contributed by atoms with van der Waals surface area (Å²) in [7, 11) is 3.27. The first-order valence-electron chi connectivity index (χ1n) is 9.31. The number of ether oxygens (including phenoxy) is 2. The normalized spacial score (nSPS) is 10.3. The second kappa shape index (κ2) is 9.89. The summed E-state index contributed by atoms with van der Waals surface area (Å²) in [5.41, 5.74) is 4.32. The third-order valence-electron chi connectivity index (χ3n) is 4.55. The Kier molecular flexibility index (Phi) is 7.03. The van der Waals surface area contributed by atoms with E-state index < -0.39 is 0 Å². The minimum Gasteiger partial charge on any atom is -0.497 e. The molecule has 3 rings (SSSR count). The number of benzene rings is 2. The lowest BCUT2D eigenvalue weighted by Gasteiger charge is -2.27. The van der Waals surface area contributed by atoms with Crippen LogP contribution in [0.5, 0.6) is 11.5 Å². The first kappa shape index (κ1) is 20.6. The summed E-state index contributed by atoms with van der Waals surface area (Å²) in [6.45, 7) is 3.43. The van der Waals surface area contributed by atoms with Crippen LogP contribution in [-0.4, -0.2) is 29.2 Å². The lowest BCUT2D eigenvalue weighted by molar-refractivity contribution is 0.402.